The van der Waals surface area contributed by atoms with E-state index in [0.29, 0.717) is 53.3 Å². The first-order chi connectivity index (χ1) is 27.1. The molecule has 2 heterocycles. The number of likely N-dealkylation sites (tertiary alicyclic amines) is 2. The molecule has 0 aliphatic carbocycles. The molecule has 1 N–H and O–H groups in total. The Balaban J connectivity index is 0.000000192. The zero-order valence-corrected chi connectivity index (χ0v) is 32.1. The Morgan fingerprint density at radius 1 is 0.589 bits per heavy atom. The number of aliphatic carboxylic acids is 1. The van der Waals surface area contributed by atoms with Crippen LogP contribution < -0.4 is 9.47 Å². The van der Waals surface area contributed by atoms with Gasteiger partial charge in [-0.1, -0.05) is 96.5 Å². The SMILES string of the molecule is COC(=O)[C@@H]1CC[C@H](c2ccccc2Cl)N1C(=O)c1cccc(OC)c1.COc1cccc(C(=O)N2C(c3ccc(-c4ccccc4)cc3)CC[C@H]2C(=O)O)c1. The summed E-state index contributed by atoms with van der Waals surface area (Å²) in [7, 11) is 4.42. The summed E-state index contributed by atoms with van der Waals surface area (Å²) in [5, 5.41) is 10.3. The van der Waals surface area contributed by atoms with Crippen molar-refractivity contribution in [3.63, 3.8) is 0 Å². The number of hydrogen-bond donors (Lipinski definition) is 1. The van der Waals surface area contributed by atoms with Gasteiger partial charge in [0.15, 0.2) is 0 Å². The van der Waals surface area contributed by atoms with Gasteiger partial charge < -0.3 is 29.1 Å². The third kappa shape index (κ3) is 8.56. The maximum atomic E-state index is 13.3. The van der Waals surface area contributed by atoms with Crippen molar-refractivity contribution in [3.8, 4) is 22.6 Å². The molecule has 5 aromatic rings. The number of carbonyl (C=O) groups excluding carboxylic acids is 3. The lowest BCUT2D eigenvalue weighted by molar-refractivity contribution is -0.145. The molecule has 2 saturated heterocycles. The number of amides is 2. The third-order valence-electron chi connectivity index (χ3n) is 10.3. The van der Waals surface area contributed by atoms with Crippen molar-refractivity contribution >= 4 is 35.4 Å². The molecule has 4 atom stereocenters. The fraction of sp³-hybridized carbons (Fsp3) is 0.244. The number of esters is 1. The summed E-state index contributed by atoms with van der Waals surface area (Å²) >= 11 is 6.35. The molecule has 56 heavy (non-hydrogen) atoms. The molecule has 2 aliphatic heterocycles. The topological polar surface area (TPSA) is 123 Å². The molecule has 2 amide bonds. The van der Waals surface area contributed by atoms with Crippen LogP contribution >= 0.6 is 11.6 Å². The van der Waals surface area contributed by atoms with Gasteiger partial charge >= 0.3 is 11.9 Å². The molecule has 1 unspecified atom stereocenters. The number of halogens is 1. The van der Waals surface area contributed by atoms with Crippen LogP contribution in [0.25, 0.3) is 11.1 Å². The number of benzene rings is 5. The van der Waals surface area contributed by atoms with Crippen molar-refractivity contribution in [1.29, 1.82) is 0 Å². The second-order valence-electron chi connectivity index (χ2n) is 13.5. The normalized spacial score (nSPS) is 18.7. The van der Waals surface area contributed by atoms with E-state index in [1.165, 1.54) is 19.1 Å². The summed E-state index contributed by atoms with van der Waals surface area (Å²) < 4.78 is 15.4. The van der Waals surface area contributed by atoms with Crippen molar-refractivity contribution in [1.82, 2.24) is 9.80 Å². The molecule has 2 aliphatic rings. The average Bonchev–Trinajstić information content (AvgIpc) is 3.90. The Hall–Kier alpha value is -6.13. The molecule has 288 valence electrons. The minimum absolute atomic E-state index is 0.248. The second-order valence-corrected chi connectivity index (χ2v) is 13.9. The van der Waals surface area contributed by atoms with Gasteiger partial charge in [0.1, 0.15) is 23.6 Å². The van der Waals surface area contributed by atoms with E-state index in [1.54, 1.807) is 66.6 Å². The van der Waals surface area contributed by atoms with Crippen LogP contribution in [0, 0.1) is 0 Å². The number of ether oxygens (including phenoxy) is 3. The molecule has 7 rings (SSSR count). The first-order valence-corrected chi connectivity index (χ1v) is 18.7. The molecule has 10 nitrogen and oxygen atoms in total. The lowest BCUT2D eigenvalue weighted by Gasteiger charge is -2.30. The Morgan fingerprint density at radius 3 is 1.66 bits per heavy atom. The van der Waals surface area contributed by atoms with Crippen LogP contribution in [0.5, 0.6) is 11.5 Å². The number of methoxy groups -OCH3 is 3. The van der Waals surface area contributed by atoms with Crippen molar-refractivity contribution in [3.05, 3.63) is 155 Å². The van der Waals surface area contributed by atoms with Gasteiger partial charge in [-0.15, -0.1) is 0 Å². The van der Waals surface area contributed by atoms with Crippen LogP contribution in [0.15, 0.2) is 127 Å². The van der Waals surface area contributed by atoms with E-state index < -0.39 is 24.0 Å². The van der Waals surface area contributed by atoms with Crippen LogP contribution in [0.3, 0.4) is 0 Å². The maximum Gasteiger partial charge on any atom is 0.328 e. The predicted molar refractivity (Wildman–Crippen MR) is 213 cm³/mol. The maximum absolute atomic E-state index is 13.3. The molecule has 5 aromatic carbocycles. The lowest BCUT2D eigenvalue weighted by Crippen LogP contribution is -2.42. The number of carboxylic acid groups (broad SMARTS) is 1. The lowest BCUT2D eigenvalue weighted by atomic mass is 9.99. The van der Waals surface area contributed by atoms with Crippen LogP contribution in [-0.2, 0) is 14.3 Å². The smallest absolute Gasteiger partial charge is 0.328 e. The zero-order chi connectivity index (χ0) is 39.8. The summed E-state index contributed by atoms with van der Waals surface area (Å²) in [4.78, 5) is 53.8. The Kier molecular flexibility index (Phi) is 12.7. The van der Waals surface area contributed by atoms with Gasteiger partial charge in [-0.25, -0.2) is 9.59 Å². The van der Waals surface area contributed by atoms with Crippen molar-refractivity contribution in [2.45, 2.75) is 49.9 Å². The van der Waals surface area contributed by atoms with Gasteiger partial charge in [-0.05, 0) is 90.4 Å². The van der Waals surface area contributed by atoms with E-state index in [-0.39, 0.29) is 23.9 Å². The van der Waals surface area contributed by atoms with E-state index in [0.717, 1.165) is 22.3 Å². The highest BCUT2D eigenvalue weighted by Gasteiger charge is 2.44. The van der Waals surface area contributed by atoms with Crippen LogP contribution in [0.2, 0.25) is 5.02 Å². The van der Waals surface area contributed by atoms with E-state index in [1.807, 2.05) is 72.8 Å². The molecule has 0 bridgehead atoms. The highest BCUT2D eigenvalue weighted by molar-refractivity contribution is 6.31. The standard InChI is InChI=1S/C25H23NO4.C20H20ClNO4/c1-30-21-9-5-8-20(16-21)24(27)26-22(14-15-23(26)25(28)29)19-12-10-18(11-13-19)17-6-3-2-4-7-17;1-25-14-7-5-6-13(12-14)19(23)22-17(10-11-18(22)20(24)26-2)15-8-3-4-9-16(15)21/h2-13,16,22-23H,14-15H2,1H3,(H,28,29);3-9,12,17-18H,10-11H2,1-2H3/t22?,23-;17-,18+/m01/s1. The molecule has 0 saturated carbocycles. The summed E-state index contributed by atoms with van der Waals surface area (Å²) in [5.41, 5.74) is 4.85. The Bertz CT molecular complexity index is 2180. The van der Waals surface area contributed by atoms with Gasteiger partial charge in [0.25, 0.3) is 11.8 Å². The summed E-state index contributed by atoms with van der Waals surface area (Å²) in [6.45, 7) is 0. The predicted octanol–water partition coefficient (Wildman–Crippen LogP) is 8.66. The van der Waals surface area contributed by atoms with E-state index in [4.69, 9.17) is 25.8 Å². The van der Waals surface area contributed by atoms with Crippen LogP contribution in [0.4, 0.5) is 0 Å². The average molecular weight is 775 g/mol. The molecular formula is C45H43ClN2O8. The van der Waals surface area contributed by atoms with Gasteiger partial charge in [0.2, 0.25) is 0 Å². The molecule has 2 fully saturated rings. The van der Waals surface area contributed by atoms with Crippen LogP contribution in [-0.4, -0.2) is 72.1 Å². The Labute approximate surface area is 331 Å². The van der Waals surface area contributed by atoms with Crippen molar-refractivity contribution < 1.29 is 38.5 Å². The number of nitrogens with zero attached hydrogens (tertiary/aromatic N) is 2. The molecule has 11 heteroatoms. The van der Waals surface area contributed by atoms with E-state index in [9.17, 15) is 24.3 Å². The first kappa shape index (κ1) is 39.6. The van der Waals surface area contributed by atoms with Gasteiger partial charge in [0.05, 0.1) is 33.4 Å². The summed E-state index contributed by atoms with van der Waals surface area (Å²) in [5.74, 6) is -0.794. The number of hydrogen-bond acceptors (Lipinski definition) is 7. The fourth-order valence-corrected chi connectivity index (χ4v) is 7.78. The fourth-order valence-electron chi connectivity index (χ4n) is 7.51. The number of rotatable bonds is 9. The molecule has 0 aromatic heterocycles. The number of carboxylic acids is 1. The highest BCUT2D eigenvalue weighted by atomic mass is 35.5. The minimum Gasteiger partial charge on any atom is -0.497 e. The monoisotopic (exact) mass is 774 g/mol. The number of carbonyl (C=O) groups is 4. The van der Waals surface area contributed by atoms with E-state index >= 15 is 0 Å². The molecular weight excluding hydrogens is 732 g/mol. The second kappa shape index (κ2) is 18.0. The Morgan fingerprint density at radius 2 is 1.11 bits per heavy atom. The highest BCUT2D eigenvalue weighted by Crippen LogP contribution is 2.41. The third-order valence-corrected chi connectivity index (χ3v) is 10.6. The van der Waals surface area contributed by atoms with Gasteiger partial charge in [-0.3, -0.25) is 9.59 Å². The van der Waals surface area contributed by atoms with Crippen molar-refractivity contribution in [2.24, 2.45) is 0 Å². The summed E-state index contributed by atoms with van der Waals surface area (Å²) in [6.07, 6.45) is 2.20. The quantitative estimate of drug-likeness (QED) is 0.148. The largest absolute Gasteiger partial charge is 0.497 e. The molecule has 0 spiro atoms. The molecule has 0 radical (unpaired) electrons. The van der Waals surface area contributed by atoms with Crippen LogP contribution in [0.1, 0.15) is 69.6 Å². The van der Waals surface area contributed by atoms with Gasteiger partial charge in [-0.2, -0.15) is 0 Å². The van der Waals surface area contributed by atoms with E-state index in [2.05, 4.69) is 0 Å². The summed E-state index contributed by atoms with van der Waals surface area (Å²) in [6, 6.07) is 37.1. The zero-order valence-electron chi connectivity index (χ0n) is 31.3. The minimum atomic E-state index is -0.977. The van der Waals surface area contributed by atoms with Gasteiger partial charge in [0, 0.05) is 16.1 Å². The first-order valence-electron chi connectivity index (χ1n) is 18.3. The van der Waals surface area contributed by atoms with Crippen molar-refractivity contribution in [2.75, 3.05) is 21.3 Å².